The SMILES string of the molecule is Cc1cc(C)n([C@H](C)C(=O)NC/C=C\c2ccccc2)n1. The van der Waals surface area contributed by atoms with Crippen LogP contribution in [-0.4, -0.2) is 22.2 Å². The van der Waals surface area contributed by atoms with Crippen LogP contribution in [0.3, 0.4) is 0 Å². The summed E-state index contributed by atoms with van der Waals surface area (Å²) in [6.45, 7) is 6.25. The summed E-state index contributed by atoms with van der Waals surface area (Å²) in [5, 5.41) is 7.25. The smallest absolute Gasteiger partial charge is 0.244 e. The van der Waals surface area contributed by atoms with Gasteiger partial charge in [-0.25, -0.2) is 0 Å². The normalized spacial score (nSPS) is 12.5. The molecule has 4 nitrogen and oxygen atoms in total. The van der Waals surface area contributed by atoms with Crippen molar-refractivity contribution in [3.8, 4) is 0 Å². The molecule has 0 bridgehead atoms. The molecule has 0 aliphatic heterocycles. The number of benzene rings is 1. The molecule has 0 saturated carbocycles. The highest BCUT2D eigenvalue weighted by molar-refractivity contribution is 5.80. The monoisotopic (exact) mass is 283 g/mol. The van der Waals surface area contributed by atoms with Crippen molar-refractivity contribution >= 4 is 12.0 Å². The van der Waals surface area contributed by atoms with Gasteiger partial charge in [-0.05, 0) is 32.4 Å². The average molecular weight is 283 g/mol. The summed E-state index contributed by atoms with van der Waals surface area (Å²) < 4.78 is 1.76. The molecule has 0 radical (unpaired) electrons. The molecule has 1 amide bonds. The van der Waals surface area contributed by atoms with Crippen LogP contribution >= 0.6 is 0 Å². The molecule has 2 rings (SSSR count). The van der Waals surface area contributed by atoms with E-state index >= 15 is 0 Å². The number of aryl methyl sites for hydroxylation is 2. The van der Waals surface area contributed by atoms with Gasteiger partial charge in [0.15, 0.2) is 0 Å². The minimum Gasteiger partial charge on any atom is -0.351 e. The van der Waals surface area contributed by atoms with Gasteiger partial charge in [0, 0.05) is 12.2 Å². The molecule has 0 unspecified atom stereocenters. The third kappa shape index (κ3) is 4.05. The van der Waals surface area contributed by atoms with Crippen molar-refractivity contribution in [3.63, 3.8) is 0 Å². The van der Waals surface area contributed by atoms with Gasteiger partial charge in [-0.2, -0.15) is 5.10 Å². The second-order valence-corrected chi connectivity index (χ2v) is 5.11. The molecule has 110 valence electrons. The second-order valence-electron chi connectivity index (χ2n) is 5.11. The van der Waals surface area contributed by atoms with Gasteiger partial charge in [-0.1, -0.05) is 42.5 Å². The van der Waals surface area contributed by atoms with E-state index in [0.717, 1.165) is 17.0 Å². The minimum absolute atomic E-state index is 0.0288. The van der Waals surface area contributed by atoms with E-state index < -0.39 is 0 Å². The number of rotatable bonds is 5. The lowest BCUT2D eigenvalue weighted by molar-refractivity contribution is -0.123. The predicted octanol–water partition coefficient (Wildman–Crippen LogP) is 2.89. The molecule has 1 aromatic heterocycles. The molecule has 21 heavy (non-hydrogen) atoms. The minimum atomic E-state index is -0.302. The molecule has 0 fully saturated rings. The van der Waals surface area contributed by atoms with Crippen molar-refractivity contribution in [3.05, 3.63) is 59.4 Å². The predicted molar refractivity (Wildman–Crippen MR) is 84.9 cm³/mol. The standard InChI is InChI=1S/C17H21N3O/c1-13-12-14(2)20(19-13)15(3)17(21)18-11-7-10-16-8-5-4-6-9-16/h4-10,12,15H,11H2,1-3H3,(H,18,21)/b10-7-/t15-/m1/s1. The van der Waals surface area contributed by atoms with Crippen LogP contribution < -0.4 is 5.32 Å². The van der Waals surface area contributed by atoms with Gasteiger partial charge in [0.25, 0.3) is 0 Å². The van der Waals surface area contributed by atoms with E-state index in [1.54, 1.807) is 4.68 Å². The Morgan fingerprint density at radius 2 is 2.05 bits per heavy atom. The van der Waals surface area contributed by atoms with E-state index in [2.05, 4.69) is 10.4 Å². The molecule has 0 saturated heterocycles. The van der Waals surface area contributed by atoms with Crippen LogP contribution in [0.5, 0.6) is 0 Å². The van der Waals surface area contributed by atoms with Crippen molar-refractivity contribution in [2.45, 2.75) is 26.8 Å². The fraction of sp³-hybridized carbons (Fsp3) is 0.294. The summed E-state index contributed by atoms with van der Waals surface area (Å²) >= 11 is 0. The van der Waals surface area contributed by atoms with Crippen LogP contribution in [0.15, 0.2) is 42.5 Å². The molecule has 0 spiro atoms. The number of aromatic nitrogens is 2. The lowest BCUT2D eigenvalue weighted by atomic mass is 10.2. The summed E-state index contributed by atoms with van der Waals surface area (Å²) in [5.74, 6) is -0.0288. The lowest BCUT2D eigenvalue weighted by Crippen LogP contribution is -2.32. The van der Waals surface area contributed by atoms with E-state index in [1.807, 2.05) is 69.3 Å². The number of amides is 1. The molecule has 1 heterocycles. The summed E-state index contributed by atoms with van der Waals surface area (Å²) in [4.78, 5) is 12.1. The molecule has 1 atom stereocenters. The number of hydrogen-bond acceptors (Lipinski definition) is 2. The van der Waals surface area contributed by atoms with E-state index in [4.69, 9.17) is 0 Å². The van der Waals surface area contributed by atoms with Crippen molar-refractivity contribution < 1.29 is 4.79 Å². The van der Waals surface area contributed by atoms with Gasteiger partial charge in [0.05, 0.1) is 5.69 Å². The molecule has 2 aromatic rings. The second kappa shape index (κ2) is 6.88. The largest absolute Gasteiger partial charge is 0.351 e. The Morgan fingerprint density at radius 3 is 2.67 bits per heavy atom. The number of hydrogen-bond donors (Lipinski definition) is 1. The Kier molecular flexibility index (Phi) is 4.93. The van der Waals surface area contributed by atoms with Crippen LogP contribution in [0.4, 0.5) is 0 Å². The lowest BCUT2D eigenvalue weighted by Gasteiger charge is -2.13. The summed E-state index contributed by atoms with van der Waals surface area (Å²) in [6, 6.07) is 11.7. The summed E-state index contributed by atoms with van der Waals surface area (Å²) in [5.41, 5.74) is 3.05. The zero-order valence-electron chi connectivity index (χ0n) is 12.7. The van der Waals surface area contributed by atoms with Crippen molar-refractivity contribution in [1.29, 1.82) is 0 Å². The Balaban J connectivity index is 1.87. The molecule has 1 N–H and O–H groups in total. The zero-order chi connectivity index (χ0) is 15.2. The van der Waals surface area contributed by atoms with Gasteiger partial charge < -0.3 is 5.32 Å². The quantitative estimate of drug-likeness (QED) is 0.917. The maximum Gasteiger partial charge on any atom is 0.244 e. The van der Waals surface area contributed by atoms with E-state index in [9.17, 15) is 4.79 Å². The average Bonchev–Trinajstić information content (AvgIpc) is 2.82. The zero-order valence-corrected chi connectivity index (χ0v) is 12.7. The van der Waals surface area contributed by atoms with Crippen LogP contribution in [0.2, 0.25) is 0 Å². The van der Waals surface area contributed by atoms with E-state index in [-0.39, 0.29) is 11.9 Å². The Labute approximate surface area is 125 Å². The number of nitrogens with zero attached hydrogens (tertiary/aromatic N) is 2. The maximum atomic E-state index is 12.1. The van der Waals surface area contributed by atoms with Crippen LogP contribution in [-0.2, 0) is 4.79 Å². The highest BCUT2D eigenvalue weighted by atomic mass is 16.2. The number of nitrogens with one attached hydrogen (secondary N) is 1. The maximum absolute atomic E-state index is 12.1. The fourth-order valence-corrected chi connectivity index (χ4v) is 2.22. The first-order chi connectivity index (χ1) is 10.1. The molecule has 4 heteroatoms. The first-order valence-electron chi connectivity index (χ1n) is 7.10. The third-order valence-electron chi connectivity index (χ3n) is 3.29. The van der Waals surface area contributed by atoms with Crippen LogP contribution in [0, 0.1) is 13.8 Å². The Morgan fingerprint density at radius 1 is 1.33 bits per heavy atom. The molecule has 0 aliphatic rings. The molecular formula is C17H21N3O. The Bertz CT molecular complexity index is 629. The number of carbonyl (C=O) groups excluding carboxylic acids is 1. The van der Waals surface area contributed by atoms with Gasteiger partial charge in [0.1, 0.15) is 6.04 Å². The third-order valence-corrected chi connectivity index (χ3v) is 3.29. The first-order valence-corrected chi connectivity index (χ1v) is 7.10. The summed E-state index contributed by atoms with van der Waals surface area (Å²) in [7, 11) is 0. The summed E-state index contributed by atoms with van der Waals surface area (Å²) in [6.07, 6.45) is 3.94. The van der Waals surface area contributed by atoms with E-state index in [1.165, 1.54) is 0 Å². The van der Waals surface area contributed by atoms with Gasteiger partial charge in [0.2, 0.25) is 5.91 Å². The highest BCUT2D eigenvalue weighted by Gasteiger charge is 2.16. The van der Waals surface area contributed by atoms with E-state index in [0.29, 0.717) is 6.54 Å². The molecule has 1 aromatic carbocycles. The van der Waals surface area contributed by atoms with Gasteiger partial charge in [-0.3, -0.25) is 9.48 Å². The van der Waals surface area contributed by atoms with Crippen LogP contribution in [0.1, 0.15) is 29.9 Å². The van der Waals surface area contributed by atoms with Crippen molar-refractivity contribution in [2.24, 2.45) is 0 Å². The van der Waals surface area contributed by atoms with Gasteiger partial charge >= 0.3 is 0 Å². The fourth-order valence-electron chi connectivity index (χ4n) is 2.22. The topological polar surface area (TPSA) is 46.9 Å². The first kappa shape index (κ1) is 15.0. The highest BCUT2D eigenvalue weighted by Crippen LogP contribution is 2.10. The Hall–Kier alpha value is -2.36. The van der Waals surface area contributed by atoms with Crippen LogP contribution in [0.25, 0.3) is 6.08 Å². The molecular weight excluding hydrogens is 262 g/mol. The number of carbonyl (C=O) groups is 1. The van der Waals surface area contributed by atoms with Crippen molar-refractivity contribution in [1.82, 2.24) is 15.1 Å². The molecule has 0 aliphatic carbocycles. The van der Waals surface area contributed by atoms with Gasteiger partial charge in [-0.15, -0.1) is 0 Å². The van der Waals surface area contributed by atoms with Crippen molar-refractivity contribution in [2.75, 3.05) is 6.54 Å².